The second-order valence-corrected chi connectivity index (χ2v) is 2.57. The van der Waals surface area contributed by atoms with Gasteiger partial charge in [-0.15, -0.1) is 0 Å². The molecule has 3 rings (SSSR count). The maximum absolute atomic E-state index is 4.14. The first-order chi connectivity index (χ1) is 5.45. The summed E-state index contributed by atoms with van der Waals surface area (Å²) >= 11 is 0. The summed E-state index contributed by atoms with van der Waals surface area (Å²) in [4.78, 5) is 0. The SMILES string of the molecule is c1cc2n(n1)Cn1nccc1-2. The summed E-state index contributed by atoms with van der Waals surface area (Å²) in [7, 11) is 0. The van der Waals surface area contributed by atoms with Crippen molar-refractivity contribution < 1.29 is 0 Å². The van der Waals surface area contributed by atoms with Crippen LogP contribution in [-0.2, 0) is 6.67 Å². The molecule has 3 heterocycles. The molecule has 0 N–H and O–H groups in total. The van der Waals surface area contributed by atoms with E-state index < -0.39 is 0 Å². The Hall–Kier alpha value is -1.58. The van der Waals surface area contributed by atoms with Crippen LogP contribution in [0.25, 0.3) is 11.4 Å². The van der Waals surface area contributed by atoms with Crippen LogP contribution in [0.5, 0.6) is 0 Å². The van der Waals surface area contributed by atoms with Crippen LogP contribution in [0.3, 0.4) is 0 Å². The smallest absolute Gasteiger partial charge is 0.134 e. The third-order valence-electron chi connectivity index (χ3n) is 1.96. The van der Waals surface area contributed by atoms with E-state index in [2.05, 4.69) is 10.2 Å². The van der Waals surface area contributed by atoms with E-state index in [0.29, 0.717) is 0 Å². The van der Waals surface area contributed by atoms with Crippen molar-refractivity contribution in [3.63, 3.8) is 0 Å². The van der Waals surface area contributed by atoms with E-state index >= 15 is 0 Å². The number of fused-ring (bicyclic) bond motifs is 3. The van der Waals surface area contributed by atoms with Gasteiger partial charge < -0.3 is 0 Å². The summed E-state index contributed by atoms with van der Waals surface area (Å²) < 4.78 is 3.87. The third kappa shape index (κ3) is 0.497. The van der Waals surface area contributed by atoms with Gasteiger partial charge in [-0.05, 0) is 12.1 Å². The lowest BCUT2D eigenvalue weighted by Gasteiger charge is -1.92. The first-order valence-corrected chi connectivity index (χ1v) is 3.49. The monoisotopic (exact) mass is 146 g/mol. The molecule has 0 saturated heterocycles. The molecule has 0 atom stereocenters. The van der Waals surface area contributed by atoms with Crippen LogP contribution in [0, 0.1) is 0 Å². The van der Waals surface area contributed by atoms with Gasteiger partial charge in [0, 0.05) is 12.4 Å². The van der Waals surface area contributed by atoms with Crippen LogP contribution in [0.1, 0.15) is 0 Å². The van der Waals surface area contributed by atoms with Gasteiger partial charge in [-0.25, -0.2) is 9.36 Å². The molecule has 0 fully saturated rings. The van der Waals surface area contributed by atoms with E-state index in [9.17, 15) is 0 Å². The molecule has 0 spiro atoms. The van der Waals surface area contributed by atoms with Gasteiger partial charge in [0.1, 0.15) is 6.67 Å². The zero-order valence-corrected chi connectivity index (χ0v) is 5.81. The fourth-order valence-corrected chi connectivity index (χ4v) is 1.45. The van der Waals surface area contributed by atoms with Crippen molar-refractivity contribution >= 4 is 0 Å². The minimum atomic E-state index is 0.755. The molecule has 1 aliphatic rings. The molecule has 2 aromatic heterocycles. The van der Waals surface area contributed by atoms with E-state index in [1.165, 1.54) is 0 Å². The van der Waals surface area contributed by atoms with Crippen LogP contribution < -0.4 is 0 Å². The van der Waals surface area contributed by atoms with Gasteiger partial charge in [-0.1, -0.05) is 0 Å². The highest BCUT2D eigenvalue weighted by Gasteiger charge is 2.17. The molecule has 0 unspecified atom stereocenters. The molecule has 0 bridgehead atoms. The Balaban J connectivity index is 2.38. The second kappa shape index (κ2) is 1.53. The third-order valence-corrected chi connectivity index (χ3v) is 1.96. The van der Waals surface area contributed by atoms with Gasteiger partial charge in [-0.3, -0.25) is 0 Å². The highest BCUT2D eigenvalue weighted by Crippen LogP contribution is 2.23. The topological polar surface area (TPSA) is 35.6 Å². The Morgan fingerprint density at radius 1 is 1.00 bits per heavy atom. The number of hydrogen-bond donors (Lipinski definition) is 0. The first kappa shape index (κ1) is 5.12. The molecule has 1 aliphatic heterocycles. The van der Waals surface area contributed by atoms with Crippen molar-refractivity contribution in [3.8, 4) is 11.4 Å². The zero-order chi connectivity index (χ0) is 7.26. The molecule has 0 aliphatic carbocycles. The molecule has 11 heavy (non-hydrogen) atoms. The fourth-order valence-electron chi connectivity index (χ4n) is 1.45. The van der Waals surface area contributed by atoms with Gasteiger partial charge in [0.25, 0.3) is 0 Å². The zero-order valence-electron chi connectivity index (χ0n) is 5.81. The lowest BCUT2D eigenvalue weighted by atomic mass is 10.3. The number of aromatic nitrogens is 4. The van der Waals surface area contributed by atoms with Gasteiger partial charge in [-0.2, -0.15) is 10.2 Å². The average Bonchev–Trinajstić information content (AvgIpc) is 2.52. The Morgan fingerprint density at radius 3 is 2.09 bits per heavy atom. The Bertz CT molecular complexity index is 360. The second-order valence-electron chi connectivity index (χ2n) is 2.57. The van der Waals surface area contributed by atoms with Crippen molar-refractivity contribution in [3.05, 3.63) is 24.5 Å². The summed E-state index contributed by atoms with van der Waals surface area (Å²) in [5.41, 5.74) is 2.31. The Labute approximate surface area is 63.1 Å². The summed E-state index contributed by atoms with van der Waals surface area (Å²) in [6.45, 7) is 0.755. The lowest BCUT2D eigenvalue weighted by molar-refractivity contribution is 0.549. The van der Waals surface area contributed by atoms with Crippen molar-refractivity contribution in [2.24, 2.45) is 0 Å². The van der Waals surface area contributed by atoms with Crippen molar-refractivity contribution in [1.29, 1.82) is 0 Å². The quantitative estimate of drug-likeness (QED) is 0.464. The molecule has 4 nitrogen and oxygen atoms in total. The van der Waals surface area contributed by atoms with Gasteiger partial charge in [0.15, 0.2) is 0 Å². The first-order valence-electron chi connectivity index (χ1n) is 3.49. The average molecular weight is 146 g/mol. The predicted octanol–water partition coefficient (Wildman–Crippen LogP) is 0.566. The summed E-state index contributed by atoms with van der Waals surface area (Å²) in [5, 5.41) is 8.28. The van der Waals surface area contributed by atoms with E-state index in [-0.39, 0.29) is 0 Å². The molecule has 0 aromatic carbocycles. The summed E-state index contributed by atoms with van der Waals surface area (Å²) in [6, 6.07) is 4.00. The molecular formula is C7H6N4. The van der Waals surface area contributed by atoms with E-state index in [4.69, 9.17) is 0 Å². The molecule has 0 saturated carbocycles. The number of rotatable bonds is 0. The van der Waals surface area contributed by atoms with E-state index in [1.807, 2.05) is 33.9 Å². The van der Waals surface area contributed by atoms with Crippen LogP contribution in [0.15, 0.2) is 24.5 Å². The summed E-state index contributed by atoms with van der Waals surface area (Å²) in [5.74, 6) is 0. The minimum absolute atomic E-state index is 0.755. The number of nitrogens with zero attached hydrogens (tertiary/aromatic N) is 4. The molecule has 54 valence electrons. The van der Waals surface area contributed by atoms with Gasteiger partial charge in [0.05, 0.1) is 11.4 Å². The highest BCUT2D eigenvalue weighted by molar-refractivity contribution is 5.56. The molecule has 2 aromatic rings. The van der Waals surface area contributed by atoms with E-state index in [1.54, 1.807) is 0 Å². The van der Waals surface area contributed by atoms with Gasteiger partial charge in [0.2, 0.25) is 0 Å². The van der Waals surface area contributed by atoms with Crippen LogP contribution in [0.4, 0.5) is 0 Å². The molecule has 0 radical (unpaired) electrons. The Morgan fingerprint density at radius 2 is 1.55 bits per heavy atom. The normalized spacial score (nSPS) is 13.1. The maximum Gasteiger partial charge on any atom is 0.134 e. The number of hydrogen-bond acceptors (Lipinski definition) is 2. The van der Waals surface area contributed by atoms with Gasteiger partial charge >= 0.3 is 0 Å². The van der Waals surface area contributed by atoms with E-state index in [0.717, 1.165) is 18.1 Å². The lowest BCUT2D eigenvalue weighted by Crippen LogP contribution is -2.02. The van der Waals surface area contributed by atoms with Crippen LogP contribution in [-0.4, -0.2) is 19.6 Å². The standard InChI is InChI=1S/C7H6N4/c1-3-8-10-5-11-7(6(1)10)2-4-9-11/h1-4H,5H2. The molecular weight excluding hydrogens is 140 g/mol. The molecule has 4 heteroatoms. The van der Waals surface area contributed by atoms with Crippen LogP contribution >= 0.6 is 0 Å². The highest BCUT2D eigenvalue weighted by atomic mass is 15.5. The largest absolute Gasteiger partial charge is 0.242 e. The van der Waals surface area contributed by atoms with Crippen LogP contribution in [0.2, 0.25) is 0 Å². The van der Waals surface area contributed by atoms with Crippen molar-refractivity contribution in [2.75, 3.05) is 0 Å². The Kier molecular flexibility index (Phi) is 0.711. The van der Waals surface area contributed by atoms with Crippen molar-refractivity contribution in [2.45, 2.75) is 6.67 Å². The minimum Gasteiger partial charge on any atom is -0.242 e. The molecule has 0 amide bonds. The predicted molar refractivity (Wildman–Crippen MR) is 38.8 cm³/mol. The van der Waals surface area contributed by atoms with Crippen molar-refractivity contribution in [1.82, 2.24) is 19.6 Å². The fraction of sp³-hybridized carbons (Fsp3) is 0.143. The summed E-state index contributed by atoms with van der Waals surface area (Å²) in [6.07, 6.45) is 3.62. The maximum atomic E-state index is 4.14.